The van der Waals surface area contributed by atoms with Gasteiger partial charge in [0.25, 0.3) is 21.5 Å². The van der Waals surface area contributed by atoms with Crippen molar-refractivity contribution in [3.8, 4) is 5.69 Å². The first-order valence-electron chi connectivity index (χ1n) is 13.5. The SMILES string of the molecule is Cc1c(NS(=O)(=O)c2cc(C(=O)NCCN3c4ccccc4CCC3C)c(Cl)cc2Cl)c(=O)n(-c2ccccc2)n1C. The van der Waals surface area contributed by atoms with Gasteiger partial charge in [0.05, 0.1) is 27.0 Å². The molecule has 220 valence electrons. The maximum absolute atomic E-state index is 13.5. The van der Waals surface area contributed by atoms with Crippen molar-refractivity contribution < 1.29 is 13.2 Å². The fraction of sp³-hybridized carbons (Fsp3) is 0.267. The number of halogens is 2. The van der Waals surface area contributed by atoms with Gasteiger partial charge in [-0.2, -0.15) is 0 Å². The van der Waals surface area contributed by atoms with Gasteiger partial charge in [-0.3, -0.25) is 19.0 Å². The highest BCUT2D eigenvalue weighted by atomic mass is 35.5. The van der Waals surface area contributed by atoms with E-state index in [1.807, 2.05) is 18.2 Å². The molecule has 12 heteroatoms. The molecule has 2 N–H and O–H groups in total. The van der Waals surface area contributed by atoms with Crippen molar-refractivity contribution in [2.24, 2.45) is 7.05 Å². The summed E-state index contributed by atoms with van der Waals surface area (Å²) in [5.41, 5.74) is 2.66. The summed E-state index contributed by atoms with van der Waals surface area (Å²) < 4.78 is 32.3. The van der Waals surface area contributed by atoms with Gasteiger partial charge in [-0.05, 0) is 62.6 Å². The number of carbonyl (C=O) groups is 1. The number of fused-ring (bicyclic) bond motifs is 1. The van der Waals surface area contributed by atoms with Gasteiger partial charge in [-0.1, -0.05) is 59.6 Å². The number of sulfonamides is 1. The molecular weight excluding hydrogens is 597 g/mol. The number of aryl methyl sites for hydroxylation is 1. The lowest BCUT2D eigenvalue weighted by molar-refractivity contribution is 0.0954. The predicted molar refractivity (Wildman–Crippen MR) is 167 cm³/mol. The third kappa shape index (κ3) is 5.66. The number of hydrogen-bond acceptors (Lipinski definition) is 5. The largest absolute Gasteiger partial charge is 0.367 e. The number of benzene rings is 3. The van der Waals surface area contributed by atoms with E-state index in [2.05, 4.69) is 34.0 Å². The molecule has 1 aliphatic heterocycles. The molecule has 1 atom stereocenters. The molecule has 42 heavy (non-hydrogen) atoms. The zero-order valence-corrected chi connectivity index (χ0v) is 25.7. The molecule has 5 rings (SSSR count). The quantitative estimate of drug-likeness (QED) is 0.281. The Kier molecular flexibility index (Phi) is 8.41. The zero-order chi connectivity index (χ0) is 30.2. The Morgan fingerprint density at radius 2 is 1.71 bits per heavy atom. The minimum absolute atomic E-state index is 0.00969. The maximum Gasteiger partial charge on any atom is 0.296 e. The average molecular weight is 629 g/mol. The Balaban J connectivity index is 1.37. The molecule has 0 aliphatic carbocycles. The monoisotopic (exact) mass is 627 g/mol. The lowest BCUT2D eigenvalue weighted by Gasteiger charge is -2.37. The van der Waals surface area contributed by atoms with Gasteiger partial charge in [-0.15, -0.1) is 0 Å². The third-order valence-electron chi connectivity index (χ3n) is 7.65. The van der Waals surface area contributed by atoms with Crippen LogP contribution < -0.4 is 20.5 Å². The van der Waals surface area contributed by atoms with Crippen LogP contribution in [0.15, 0.2) is 76.4 Å². The molecule has 1 unspecified atom stereocenters. The van der Waals surface area contributed by atoms with E-state index in [1.165, 1.54) is 16.3 Å². The molecule has 9 nitrogen and oxygen atoms in total. The molecule has 4 aromatic rings. The second-order valence-corrected chi connectivity index (χ2v) is 12.7. The molecule has 0 spiro atoms. The number of nitrogens with one attached hydrogen (secondary N) is 2. The second kappa shape index (κ2) is 11.9. The number of aromatic nitrogens is 2. The molecule has 0 saturated carbocycles. The molecule has 1 aromatic heterocycles. The van der Waals surface area contributed by atoms with Crippen LogP contribution in [0.1, 0.15) is 35.0 Å². The Morgan fingerprint density at radius 1 is 1.02 bits per heavy atom. The van der Waals surface area contributed by atoms with Gasteiger partial charge in [0.15, 0.2) is 0 Å². The van der Waals surface area contributed by atoms with Gasteiger partial charge in [0.1, 0.15) is 10.6 Å². The summed E-state index contributed by atoms with van der Waals surface area (Å²) in [6.45, 7) is 4.67. The number of amides is 1. The molecule has 0 radical (unpaired) electrons. The molecule has 3 aromatic carbocycles. The summed E-state index contributed by atoms with van der Waals surface area (Å²) >= 11 is 12.6. The van der Waals surface area contributed by atoms with Crippen molar-refractivity contribution in [2.75, 3.05) is 22.7 Å². The first kappa shape index (κ1) is 29.8. The van der Waals surface area contributed by atoms with Crippen molar-refractivity contribution in [3.05, 3.63) is 104 Å². The van der Waals surface area contributed by atoms with Crippen LogP contribution in [0, 0.1) is 6.92 Å². The van der Waals surface area contributed by atoms with Crippen LogP contribution in [-0.4, -0.2) is 42.8 Å². The number of rotatable bonds is 8. The highest BCUT2D eigenvalue weighted by Gasteiger charge is 2.27. The summed E-state index contributed by atoms with van der Waals surface area (Å²) in [6, 6.07) is 19.7. The lowest BCUT2D eigenvalue weighted by Crippen LogP contribution is -2.42. The van der Waals surface area contributed by atoms with E-state index in [9.17, 15) is 18.0 Å². The molecule has 1 amide bonds. The standard InChI is InChI=1S/C30H31Cl2N5O4S/c1-19-13-14-21-9-7-8-12-26(21)36(19)16-15-33-29(38)23-17-27(25(32)18-24(23)31)42(40,41)34-28-20(2)35(3)37(30(28)39)22-10-5-4-6-11-22/h4-12,17-19,34H,13-16H2,1-3H3,(H,33,38). The molecular formula is C30H31Cl2N5O4S. The van der Waals surface area contributed by atoms with Gasteiger partial charge >= 0.3 is 0 Å². The van der Waals surface area contributed by atoms with Crippen LogP contribution >= 0.6 is 23.2 Å². The predicted octanol–water partition coefficient (Wildman–Crippen LogP) is 5.16. The van der Waals surface area contributed by atoms with Crippen LogP contribution in [0.25, 0.3) is 5.69 Å². The Morgan fingerprint density at radius 3 is 2.45 bits per heavy atom. The van der Waals surface area contributed by atoms with E-state index in [4.69, 9.17) is 23.2 Å². The smallest absolute Gasteiger partial charge is 0.296 e. The molecule has 0 fully saturated rings. The highest BCUT2D eigenvalue weighted by Crippen LogP contribution is 2.31. The zero-order valence-electron chi connectivity index (χ0n) is 23.4. The first-order chi connectivity index (χ1) is 20.0. The van der Waals surface area contributed by atoms with E-state index in [1.54, 1.807) is 42.9 Å². The third-order valence-corrected chi connectivity index (χ3v) is 9.78. The summed E-state index contributed by atoms with van der Waals surface area (Å²) in [5.74, 6) is -0.534. The highest BCUT2D eigenvalue weighted by molar-refractivity contribution is 7.92. The molecule has 0 saturated heterocycles. The van der Waals surface area contributed by atoms with E-state index >= 15 is 0 Å². The van der Waals surface area contributed by atoms with Crippen LogP contribution in [0.4, 0.5) is 11.4 Å². The molecule has 2 heterocycles. The number of carbonyl (C=O) groups excluding carboxylic acids is 1. The summed E-state index contributed by atoms with van der Waals surface area (Å²) in [6.07, 6.45) is 2.02. The van der Waals surface area contributed by atoms with Crippen molar-refractivity contribution >= 4 is 50.5 Å². The van der Waals surface area contributed by atoms with Gasteiger partial charge < -0.3 is 10.2 Å². The van der Waals surface area contributed by atoms with Gasteiger partial charge in [-0.25, -0.2) is 13.1 Å². The van der Waals surface area contributed by atoms with Crippen LogP contribution in [0.3, 0.4) is 0 Å². The Hall–Kier alpha value is -3.73. The van der Waals surface area contributed by atoms with Gasteiger partial charge in [0.2, 0.25) is 0 Å². The van der Waals surface area contributed by atoms with Crippen molar-refractivity contribution in [1.29, 1.82) is 0 Å². The first-order valence-corrected chi connectivity index (χ1v) is 15.7. The number of hydrogen-bond donors (Lipinski definition) is 2. The number of anilines is 2. The fourth-order valence-electron chi connectivity index (χ4n) is 5.27. The molecule has 1 aliphatic rings. The van der Waals surface area contributed by atoms with E-state index in [0.717, 1.165) is 24.6 Å². The minimum atomic E-state index is -4.38. The number of para-hydroxylation sites is 2. The second-order valence-electron chi connectivity index (χ2n) is 10.3. The van der Waals surface area contributed by atoms with E-state index < -0.39 is 21.5 Å². The summed E-state index contributed by atoms with van der Waals surface area (Å²) in [5, 5.41) is 2.68. The summed E-state index contributed by atoms with van der Waals surface area (Å²) in [4.78, 5) is 28.3. The summed E-state index contributed by atoms with van der Waals surface area (Å²) in [7, 11) is -2.73. The topological polar surface area (TPSA) is 105 Å². The maximum atomic E-state index is 13.5. The van der Waals surface area contributed by atoms with Crippen molar-refractivity contribution in [2.45, 2.75) is 37.6 Å². The van der Waals surface area contributed by atoms with Crippen molar-refractivity contribution in [3.63, 3.8) is 0 Å². The van der Waals surface area contributed by atoms with E-state index in [0.29, 0.717) is 30.5 Å². The lowest BCUT2D eigenvalue weighted by atomic mass is 9.97. The fourth-order valence-corrected chi connectivity index (χ4v) is 7.25. The average Bonchev–Trinajstić information content (AvgIpc) is 3.16. The minimum Gasteiger partial charge on any atom is -0.367 e. The van der Waals surface area contributed by atoms with Gasteiger partial charge in [0, 0.05) is 31.9 Å². The van der Waals surface area contributed by atoms with Crippen LogP contribution in [0.2, 0.25) is 10.0 Å². The Labute approximate surface area is 254 Å². The van der Waals surface area contributed by atoms with Crippen LogP contribution in [0.5, 0.6) is 0 Å². The van der Waals surface area contributed by atoms with E-state index in [-0.39, 0.29) is 26.2 Å². The molecule has 0 bridgehead atoms. The van der Waals surface area contributed by atoms with Crippen LogP contribution in [-0.2, 0) is 23.5 Å². The number of nitrogens with zero attached hydrogens (tertiary/aromatic N) is 3. The Bertz CT molecular complexity index is 1820. The van der Waals surface area contributed by atoms with Crippen molar-refractivity contribution in [1.82, 2.24) is 14.7 Å². The normalized spacial score (nSPS) is 14.9.